The highest BCUT2D eigenvalue weighted by Gasteiger charge is 2.30. The topological polar surface area (TPSA) is 73.7 Å². The van der Waals surface area contributed by atoms with Crippen LogP contribution in [0.15, 0.2) is 0 Å². The summed E-state index contributed by atoms with van der Waals surface area (Å²) in [5.74, 6) is 0.626. The summed E-state index contributed by atoms with van der Waals surface area (Å²) in [4.78, 5) is 30.4. The molecule has 1 aliphatic heterocycles. The molecule has 0 unspecified atom stereocenters. The van der Waals surface area contributed by atoms with Crippen molar-refractivity contribution >= 4 is 11.9 Å². The van der Waals surface area contributed by atoms with Crippen LogP contribution in [0.4, 0.5) is 0 Å². The van der Waals surface area contributed by atoms with Crippen molar-refractivity contribution in [2.45, 2.75) is 38.6 Å². The molecule has 0 amide bonds. The number of rotatable bonds is 4. The molecule has 25 heavy (non-hydrogen) atoms. The van der Waals surface area contributed by atoms with Gasteiger partial charge in [-0.3, -0.25) is 9.69 Å². The van der Waals surface area contributed by atoms with Crippen molar-refractivity contribution in [3.05, 3.63) is 17.2 Å². The van der Waals surface area contributed by atoms with Gasteiger partial charge in [0, 0.05) is 38.8 Å². The predicted octanol–water partition coefficient (Wildman–Crippen LogP) is 1.54. The normalized spacial score (nSPS) is 23.8. The van der Waals surface area contributed by atoms with Crippen LogP contribution >= 0.6 is 0 Å². The van der Waals surface area contributed by atoms with E-state index in [1.54, 1.807) is 0 Å². The molecule has 3 rings (SSSR count). The van der Waals surface area contributed by atoms with Gasteiger partial charge < -0.3 is 14.0 Å². The SMILES string of the molecule is COC(=O)c1nc2c(n1C)CCN(CC1CCC(C(=O)OC)CC1)C2. The van der Waals surface area contributed by atoms with Crippen LogP contribution < -0.4 is 0 Å². The molecule has 7 heteroatoms. The molecule has 0 atom stereocenters. The molecule has 2 heterocycles. The predicted molar refractivity (Wildman–Crippen MR) is 91.0 cm³/mol. The Balaban J connectivity index is 1.57. The second-order valence-corrected chi connectivity index (χ2v) is 7.11. The summed E-state index contributed by atoms with van der Waals surface area (Å²) in [6, 6.07) is 0. The van der Waals surface area contributed by atoms with E-state index >= 15 is 0 Å². The molecule has 0 radical (unpaired) electrons. The van der Waals surface area contributed by atoms with Gasteiger partial charge in [-0.2, -0.15) is 0 Å². The van der Waals surface area contributed by atoms with E-state index in [0.29, 0.717) is 11.7 Å². The first kappa shape index (κ1) is 17.9. The van der Waals surface area contributed by atoms with Gasteiger partial charge in [0.05, 0.1) is 25.8 Å². The standard InChI is InChI=1S/C18H27N3O4/c1-20-15-8-9-21(11-14(15)19-16(20)18(23)25-3)10-12-4-6-13(7-5-12)17(22)24-2/h12-13H,4-11H2,1-3H3. The largest absolute Gasteiger partial charge is 0.469 e. The van der Waals surface area contributed by atoms with Crippen molar-refractivity contribution in [1.29, 1.82) is 0 Å². The van der Waals surface area contributed by atoms with Crippen LogP contribution in [-0.2, 0) is 34.3 Å². The van der Waals surface area contributed by atoms with Crippen LogP contribution in [0.25, 0.3) is 0 Å². The zero-order valence-corrected chi connectivity index (χ0v) is 15.3. The molecule has 0 aromatic carbocycles. The Kier molecular flexibility index (Phi) is 5.42. The zero-order valence-electron chi connectivity index (χ0n) is 15.3. The summed E-state index contributed by atoms with van der Waals surface area (Å²) in [6.07, 6.45) is 4.88. The molecule has 1 fully saturated rings. The number of ether oxygens (including phenoxy) is 2. The summed E-state index contributed by atoms with van der Waals surface area (Å²) in [5, 5.41) is 0. The molecule has 0 spiro atoms. The van der Waals surface area contributed by atoms with E-state index in [1.165, 1.54) is 14.2 Å². The maximum atomic E-state index is 11.8. The summed E-state index contributed by atoms with van der Waals surface area (Å²) in [6.45, 7) is 2.78. The molecule has 0 saturated heterocycles. The summed E-state index contributed by atoms with van der Waals surface area (Å²) >= 11 is 0. The minimum absolute atomic E-state index is 0.0649. The lowest BCUT2D eigenvalue weighted by molar-refractivity contribution is -0.146. The molecular formula is C18H27N3O4. The van der Waals surface area contributed by atoms with Crippen molar-refractivity contribution in [3.8, 4) is 0 Å². The Morgan fingerprint density at radius 3 is 2.52 bits per heavy atom. The Bertz CT molecular complexity index is 647. The lowest BCUT2D eigenvalue weighted by Crippen LogP contribution is -2.36. The Morgan fingerprint density at radius 2 is 1.88 bits per heavy atom. The van der Waals surface area contributed by atoms with E-state index in [-0.39, 0.29) is 17.9 Å². The van der Waals surface area contributed by atoms with Crippen molar-refractivity contribution in [2.75, 3.05) is 27.3 Å². The highest BCUT2D eigenvalue weighted by Crippen LogP contribution is 2.31. The molecule has 1 aromatic heterocycles. The lowest BCUT2D eigenvalue weighted by atomic mass is 9.81. The Labute approximate surface area is 148 Å². The number of methoxy groups -OCH3 is 2. The highest BCUT2D eigenvalue weighted by molar-refractivity contribution is 5.85. The maximum absolute atomic E-state index is 11.8. The van der Waals surface area contributed by atoms with E-state index in [2.05, 4.69) is 9.88 Å². The number of aromatic nitrogens is 2. The van der Waals surface area contributed by atoms with Crippen molar-refractivity contribution < 1.29 is 19.1 Å². The number of esters is 2. The molecule has 0 N–H and O–H groups in total. The fraction of sp³-hybridized carbons (Fsp3) is 0.722. The molecule has 1 aliphatic carbocycles. The third kappa shape index (κ3) is 3.71. The van der Waals surface area contributed by atoms with Crippen LogP contribution in [0.5, 0.6) is 0 Å². The number of carbonyl (C=O) groups is 2. The van der Waals surface area contributed by atoms with Gasteiger partial charge in [-0.05, 0) is 31.6 Å². The second kappa shape index (κ2) is 7.56. The number of carbonyl (C=O) groups excluding carboxylic acids is 2. The van der Waals surface area contributed by atoms with Gasteiger partial charge >= 0.3 is 11.9 Å². The molecule has 2 aliphatic rings. The molecule has 138 valence electrons. The minimum Gasteiger partial charge on any atom is -0.469 e. The van der Waals surface area contributed by atoms with Gasteiger partial charge in [0.1, 0.15) is 0 Å². The molecule has 1 saturated carbocycles. The smallest absolute Gasteiger partial charge is 0.374 e. The lowest BCUT2D eigenvalue weighted by Gasteiger charge is -2.33. The molecule has 7 nitrogen and oxygen atoms in total. The minimum atomic E-state index is -0.385. The fourth-order valence-electron chi connectivity index (χ4n) is 4.12. The van der Waals surface area contributed by atoms with Crippen LogP contribution in [0.2, 0.25) is 0 Å². The third-order valence-corrected chi connectivity index (χ3v) is 5.60. The Hall–Kier alpha value is -1.89. The highest BCUT2D eigenvalue weighted by atomic mass is 16.5. The van der Waals surface area contributed by atoms with E-state index in [9.17, 15) is 9.59 Å². The van der Waals surface area contributed by atoms with Crippen LogP contribution in [0, 0.1) is 11.8 Å². The van der Waals surface area contributed by atoms with E-state index < -0.39 is 0 Å². The zero-order chi connectivity index (χ0) is 18.0. The maximum Gasteiger partial charge on any atom is 0.374 e. The third-order valence-electron chi connectivity index (χ3n) is 5.60. The van der Waals surface area contributed by atoms with Gasteiger partial charge in [0.15, 0.2) is 0 Å². The van der Waals surface area contributed by atoms with Crippen molar-refractivity contribution in [3.63, 3.8) is 0 Å². The second-order valence-electron chi connectivity index (χ2n) is 7.11. The quantitative estimate of drug-likeness (QED) is 0.768. The average Bonchev–Trinajstić information content (AvgIpc) is 2.97. The van der Waals surface area contributed by atoms with Gasteiger partial charge in [-0.25, -0.2) is 9.78 Å². The number of imidazole rings is 1. The van der Waals surface area contributed by atoms with E-state index in [1.807, 2.05) is 11.6 Å². The summed E-state index contributed by atoms with van der Waals surface area (Å²) in [5.41, 5.74) is 2.11. The van der Waals surface area contributed by atoms with Gasteiger partial charge in [-0.1, -0.05) is 0 Å². The number of fused-ring (bicyclic) bond motifs is 1. The summed E-state index contributed by atoms with van der Waals surface area (Å²) < 4.78 is 11.5. The van der Waals surface area contributed by atoms with E-state index in [4.69, 9.17) is 9.47 Å². The first-order valence-electron chi connectivity index (χ1n) is 8.96. The molecule has 1 aromatic rings. The fourth-order valence-corrected chi connectivity index (χ4v) is 4.12. The van der Waals surface area contributed by atoms with Crippen LogP contribution in [0.1, 0.15) is 47.7 Å². The van der Waals surface area contributed by atoms with E-state index in [0.717, 1.165) is 63.1 Å². The first-order chi connectivity index (χ1) is 12.0. The molecular weight excluding hydrogens is 322 g/mol. The van der Waals surface area contributed by atoms with Crippen LogP contribution in [0.3, 0.4) is 0 Å². The molecule has 0 bridgehead atoms. The number of nitrogens with zero attached hydrogens (tertiary/aromatic N) is 3. The summed E-state index contributed by atoms with van der Waals surface area (Å²) in [7, 11) is 4.73. The first-order valence-corrected chi connectivity index (χ1v) is 8.96. The van der Waals surface area contributed by atoms with Crippen LogP contribution in [-0.4, -0.2) is 53.7 Å². The average molecular weight is 349 g/mol. The van der Waals surface area contributed by atoms with Crippen molar-refractivity contribution in [2.24, 2.45) is 18.9 Å². The van der Waals surface area contributed by atoms with Gasteiger partial charge in [0.2, 0.25) is 5.82 Å². The number of hydrogen-bond acceptors (Lipinski definition) is 6. The number of hydrogen-bond donors (Lipinski definition) is 0. The Morgan fingerprint density at radius 1 is 1.16 bits per heavy atom. The van der Waals surface area contributed by atoms with Gasteiger partial charge in [-0.15, -0.1) is 0 Å². The monoisotopic (exact) mass is 349 g/mol. The van der Waals surface area contributed by atoms with Crippen molar-refractivity contribution in [1.82, 2.24) is 14.5 Å². The van der Waals surface area contributed by atoms with Gasteiger partial charge in [0.25, 0.3) is 0 Å².